The molecule has 0 saturated heterocycles. The Hall–Kier alpha value is -0.860. The molecule has 0 fully saturated rings. The van der Waals surface area contributed by atoms with E-state index in [2.05, 4.69) is 36.3 Å². The van der Waals surface area contributed by atoms with Crippen molar-refractivity contribution in [2.45, 2.75) is 56.8 Å². The van der Waals surface area contributed by atoms with Crippen molar-refractivity contribution in [1.82, 2.24) is 4.90 Å². The van der Waals surface area contributed by atoms with Crippen molar-refractivity contribution in [2.24, 2.45) is 0 Å². The van der Waals surface area contributed by atoms with Gasteiger partial charge in [-0.2, -0.15) is 8.42 Å². The van der Waals surface area contributed by atoms with E-state index in [0.29, 0.717) is 3.57 Å². The van der Waals surface area contributed by atoms with E-state index in [0.717, 1.165) is 6.54 Å². The molecule has 0 amide bonds. The van der Waals surface area contributed by atoms with Crippen molar-refractivity contribution in [3.63, 3.8) is 0 Å². The van der Waals surface area contributed by atoms with Gasteiger partial charge in [-0.15, -0.1) is 0 Å². The molecule has 1 aliphatic heterocycles. The van der Waals surface area contributed by atoms with Gasteiger partial charge in [-0.25, -0.2) is 0 Å². The van der Waals surface area contributed by atoms with Gasteiger partial charge in [0.25, 0.3) is 10.1 Å². The Bertz CT molecular complexity index is 671. The van der Waals surface area contributed by atoms with Crippen molar-refractivity contribution in [3.05, 3.63) is 52.3 Å². The molecular weight excluding hydrogens is 461 g/mol. The van der Waals surface area contributed by atoms with Crippen LogP contribution in [0.25, 0.3) is 0 Å². The molecule has 0 atom stereocenters. The summed E-state index contributed by atoms with van der Waals surface area (Å²) in [5.74, 6) is 0. The highest BCUT2D eigenvalue weighted by Gasteiger charge is 2.11. The second-order valence-corrected chi connectivity index (χ2v) is 8.84. The fraction of sp³-hybridized carbons (Fsp3) is 0.500. The molecule has 0 spiro atoms. The predicted octanol–water partition coefficient (Wildman–Crippen LogP) is 5.66. The van der Waals surface area contributed by atoms with Crippen LogP contribution in [0, 0.1) is 3.57 Å². The first kappa shape index (κ1) is 23.2. The van der Waals surface area contributed by atoms with Gasteiger partial charge in [-0.1, -0.05) is 69.7 Å². The first-order chi connectivity index (χ1) is 12.4. The fourth-order valence-electron chi connectivity index (χ4n) is 2.60. The van der Waals surface area contributed by atoms with Crippen LogP contribution in [0.15, 0.2) is 53.6 Å². The average Bonchev–Trinajstić information content (AvgIpc) is 2.62. The summed E-state index contributed by atoms with van der Waals surface area (Å²) in [5.41, 5.74) is 0. The summed E-state index contributed by atoms with van der Waals surface area (Å²) in [6, 6.07) is 6.24. The molecule has 1 aromatic carbocycles. The minimum atomic E-state index is -4.04. The normalized spacial score (nSPS) is 13.4. The maximum atomic E-state index is 10.6. The number of benzene rings is 1. The smallest absolute Gasteiger partial charge is 0.295 e. The Morgan fingerprint density at radius 2 is 1.69 bits per heavy atom. The molecule has 146 valence electrons. The van der Waals surface area contributed by atoms with Gasteiger partial charge in [0.15, 0.2) is 0 Å². The van der Waals surface area contributed by atoms with E-state index >= 15 is 0 Å². The topological polar surface area (TPSA) is 57.6 Å². The number of unbranched alkanes of at least 4 members (excludes halogenated alkanes) is 6. The van der Waals surface area contributed by atoms with Gasteiger partial charge in [-0.3, -0.25) is 4.55 Å². The van der Waals surface area contributed by atoms with Crippen LogP contribution in [0.3, 0.4) is 0 Å². The molecule has 0 saturated carbocycles. The lowest BCUT2D eigenvalue weighted by Crippen LogP contribution is -2.19. The van der Waals surface area contributed by atoms with E-state index in [1.54, 1.807) is 18.2 Å². The zero-order chi connectivity index (χ0) is 19.3. The quantitative estimate of drug-likeness (QED) is 0.275. The summed E-state index contributed by atoms with van der Waals surface area (Å²) in [7, 11) is -4.04. The largest absolute Gasteiger partial charge is 0.374 e. The fourth-order valence-corrected chi connectivity index (χ4v) is 4.39. The van der Waals surface area contributed by atoms with Crippen LogP contribution < -0.4 is 0 Å². The van der Waals surface area contributed by atoms with Crippen molar-refractivity contribution in [2.75, 3.05) is 13.1 Å². The van der Waals surface area contributed by atoms with Crippen LogP contribution in [0.2, 0.25) is 0 Å². The Kier molecular flexibility index (Phi) is 11.9. The monoisotopic (exact) mass is 491 g/mol. The summed E-state index contributed by atoms with van der Waals surface area (Å²) in [4.78, 5) is 2.35. The van der Waals surface area contributed by atoms with E-state index in [1.165, 1.54) is 57.6 Å². The Morgan fingerprint density at radius 1 is 1.04 bits per heavy atom. The predicted molar refractivity (Wildman–Crippen MR) is 117 cm³/mol. The van der Waals surface area contributed by atoms with Gasteiger partial charge in [0.2, 0.25) is 0 Å². The van der Waals surface area contributed by atoms with Crippen LogP contribution in [0.1, 0.15) is 51.9 Å². The number of nitrogens with zero attached hydrogens (tertiary/aromatic N) is 1. The minimum absolute atomic E-state index is 0.0411. The molecule has 0 aromatic heterocycles. The molecule has 1 aromatic rings. The number of hydrogen-bond acceptors (Lipinski definition) is 3. The van der Waals surface area contributed by atoms with Gasteiger partial charge in [0.05, 0.1) is 0 Å². The van der Waals surface area contributed by atoms with Gasteiger partial charge in [-0.05, 0) is 53.4 Å². The second-order valence-electron chi connectivity index (χ2n) is 6.29. The average molecular weight is 491 g/mol. The lowest BCUT2D eigenvalue weighted by molar-refractivity contribution is 0.392. The molecule has 1 heterocycles. The Morgan fingerprint density at radius 3 is 2.23 bits per heavy atom. The first-order valence-corrected chi connectivity index (χ1v) is 11.8. The zero-order valence-electron chi connectivity index (χ0n) is 15.5. The van der Waals surface area contributed by atoms with E-state index in [1.807, 2.05) is 22.6 Å². The second kappa shape index (κ2) is 13.3. The number of allylic oxidation sites excluding steroid dienone is 2. The van der Waals surface area contributed by atoms with E-state index in [4.69, 9.17) is 4.55 Å². The van der Waals surface area contributed by atoms with Gasteiger partial charge >= 0.3 is 0 Å². The highest BCUT2D eigenvalue weighted by atomic mass is 127. The van der Waals surface area contributed by atoms with Crippen molar-refractivity contribution in [1.29, 1.82) is 0 Å². The van der Waals surface area contributed by atoms with Crippen LogP contribution in [-0.2, 0) is 10.1 Å². The van der Waals surface area contributed by atoms with E-state index < -0.39 is 10.1 Å². The van der Waals surface area contributed by atoms with Crippen LogP contribution in [-0.4, -0.2) is 31.0 Å². The third kappa shape index (κ3) is 10.3. The first-order valence-electron chi connectivity index (χ1n) is 9.24. The summed E-state index contributed by atoms with van der Waals surface area (Å²) in [5, 5.41) is 0. The Labute approximate surface area is 172 Å². The third-order valence-corrected chi connectivity index (χ3v) is 6.27. The van der Waals surface area contributed by atoms with Crippen LogP contribution >= 0.6 is 22.6 Å². The molecule has 0 aliphatic carbocycles. The van der Waals surface area contributed by atoms with Crippen molar-refractivity contribution in [3.8, 4) is 0 Å². The maximum absolute atomic E-state index is 10.6. The molecule has 0 unspecified atom stereocenters. The summed E-state index contributed by atoms with van der Waals surface area (Å²) in [6.45, 7) is 4.61. The number of rotatable bonds is 9. The molecular formula is C20H30INO3S. The van der Waals surface area contributed by atoms with E-state index in [9.17, 15) is 8.42 Å². The molecule has 2 rings (SSSR count). The van der Waals surface area contributed by atoms with Gasteiger partial charge in [0, 0.05) is 16.7 Å². The molecule has 26 heavy (non-hydrogen) atoms. The molecule has 1 N–H and O–H groups in total. The molecule has 1 aliphatic rings. The van der Waals surface area contributed by atoms with Crippen LogP contribution in [0.5, 0.6) is 0 Å². The van der Waals surface area contributed by atoms with Crippen molar-refractivity contribution >= 4 is 32.7 Å². The highest BCUT2D eigenvalue weighted by molar-refractivity contribution is 14.1. The Balaban J connectivity index is 0.000000273. The molecule has 6 heteroatoms. The zero-order valence-corrected chi connectivity index (χ0v) is 18.5. The van der Waals surface area contributed by atoms with E-state index in [-0.39, 0.29) is 4.90 Å². The molecule has 0 bridgehead atoms. The molecule has 0 radical (unpaired) electrons. The lowest BCUT2D eigenvalue weighted by atomic mass is 10.1. The third-order valence-electron chi connectivity index (χ3n) is 4.05. The van der Waals surface area contributed by atoms with Crippen molar-refractivity contribution < 1.29 is 13.0 Å². The lowest BCUT2D eigenvalue weighted by Gasteiger charge is -2.20. The highest BCUT2D eigenvalue weighted by Crippen LogP contribution is 2.16. The van der Waals surface area contributed by atoms with Gasteiger partial charge in [0.1, 0.15) is 4.90 Å². The standard InChI is InChI=1S/C14H25N.C6H5IO3S/c1-2-3-4-5-6-7-9-12-15-13-10-8-11-14-15;7-5-3-1-2-4-6(5)11(8,9)10/h8,10-11,13H,2-7,9,12,14H2,1H3;1-4H,(H,8,9,10). The SMILES string of the molecule is CCCCCCCCCN1C=CC=CC1.O=S(=O)(O)c1ccccc1I. The minimum Gasteiger partial charge on any atom is -0.374 e. The van der Waals surface area contributed by atoms with Crippen LogP contribution in [0.4, 0.5) is 0 Å². The maximum Gasteiger partial charge on any atom is 0.295 e. The number of hydrogen-bond donors (Lipinski definition) is 1. The summed E-state index contributed by atoms with van der Waals surface area (Å²) >= 11 is 1.85. The number of halogens is 1. The summed E-state index contributed by atoms with van der Waals surface area (Å²) in [6.07, 6.45) is 18.5. The van der Waals surface area contributed by atoms with Gasteiger partial charge < -0.3 is 4.90 Å². The summed E-state index contributed by atoms with van der Waals surface area (Å²) < 4.78 is 30.4. The molecule has 4 nitrogen and oxygen atoms in total.